The molecule has 7 nitrogen and oxygen atoms in total. The molecule has 7 heteroatoms. The maximum absolute atomic E-state index is 12.7. The monoisotopic (exact) mass is 354 g/mol. The fraction of sp³-hybridized carbons (Fsp3) is 0. The van der Waals surface area contributed by atoms with Gasteiger partial charge in [0.05, 0.1) is 11.3 Å². The molecule has 0 saturated carbocycles. The number of anilines is 1. The highest BCUT2D eigenvalue weighted by molar-refractivity contribution is 6.12. The second-order valence-electron chi connectivity index (χ2n) is 6.14. The van der Waals surface area contributed by atoms with Crippen LogP contribution in [0.5, 0.6) is 0 Å². The van der Waals surface area contributed by atoms with Gasteiger partial charge in [-0.05, 0) is 30.3 Å². The highest BCUT2D eigenvalue weighted by Gasteiger charge is 2.12. The second-order valence-corrected chi connectivity index (χ2v) is 6.14. The standard InChI is InChI=1S/C20H14N6O/c27-20(16-11-21-18-7-2-1-6-15(16)18)23-14-5-3-4-13(10-14)17-8-9-19-24-22-12-26(19)25-17/h1-12,21H,(H,23,27). The quantitative estimate of drug-likeness (QED) is 0.519. The van der Waals surface area contributed by atoms with Gasteiger partial charge in [0.25, 0.3) is 5.91 Å². The summed E-state index contributed by atoms with van der Waals surface area (Å²) in [7, 11) is 0. The van der Waals surface area contributed by atoms with Gasteiger partial charge in [0.1, 0.15) is 6.33 Å². The Bertz CT molecular complexity index is 1290. The molecule has 5 aromatic rings. The first-order chi connectivity index (χ1) is 13.3. The number of amides is 1. The van der Waals surface area contributed by atoms with Crippen LogP contribution in [-0.4, -0.2) is 30.7 Å². The van der Waals surface area contributed by atoms with Crippen molar-refractivity contribution in [3.63, 3.8) is 0 Å². The van der Waals surface area contributed by atoms with Gasteiger partial charge in [0.2, 0.25) is 0 Å². The number of nitrogens with one attached hydrogen (secondary N) is 2. The molecule has 2 aromatic carbocycles. The lowest BCUT2D eigenvalue weighted by Crippen LogP contribution is -2.11. The molecule has 5 rings (SSSR count). The zero-order chi connectivity index (χ0) is 18.2. The van der Waals surface area contributed by atoms with Gasteiger partial charge >= 0.3 is 0 Å². The molecule has 0 radical (unpaired) electrons. The summed E-state index contributed by atoms with van der Waals surface area (Å²) in [5, 5.41) is 16.1. The van der Waals surface area contributed by atoms with Gasteiger partial charge in [-0.2, -0.15) is 9.61 Å². The van der Waals surface area contributed by atoms with Crippen LogP contribution in [0.1, 0.15) is 10.4 Å². The molecule has 27 heavy (non-hydrogen) atoms. The van der Waals surface area contributed by atoms with E-state index < -0.39 is 0 Å². The van der Waals surface area contributed by atoms with E-state index in [2.05, 4.69) is 25.6 Å². The van der Waals surface area contributed by atoms with Crippen LogP contribution in [0.3, 0.4) is 0 Å². The molecule has 3 aromatic heterocycles. The predicted molar refractivity (Wildman–Crippen MR) is 102 cm³/mol. The van der Waals surface area contributed by atoms with Gasteiger partial charge < -0.3 is 10.3 Å². The molecule has 0 saturated heterocycles. The Balaban J connectivity index is 1.45. The van der Waals surface area contributed by atoms with E-state index in [0.717, 1.165) is 22.2 Å². The summed E-state index contributed by atoms with van der Waals surface area (Å²) in [4.78, 5) is 15.8. The molecule has 2 N–H and O–H groups in total. The summed E-state index contributed by atoms with van der Waals surface area (Å²) in [5.41, 5.74) is 4.59. The average molecular weight is 354 g/mol. The normalized spacial score (nSPS) is 11.1. The van der Waals surface area contributed by atoms with E-state index in [1.165, 1.54) is 0 Å². The van der Waals surface area contributed by atoms with Crippen molar-refractivity contribution in [3.8, 4) is 11.3 Å². The Labute approximate surface area is 153 Å². The molecule has 0 bridgehead atoms. The van der Waals surface area contributed by atoms with Crippen LogP contribution in [0, 0.1) is 0 Å². The Morgan fingerprint density at radius 2 is 1.96 bits per heavy atom. The van der Waals surface area contributed by atoms with Crippen LogP contribution in [0.4, 0.5) is 5.69 Å². The Morgan fingerprint density at radius 3 is 2.93 bits per heavy atom. The third-order valence-corrected chi connectivity index (χ3v) is 4.41. The summed E-state index contributed by atoms with van der Waals surface area (Å²) in [6, 6.07) is 19.0. The van der Waals surface area contributed by atoms with Gasteiger partial charge in [0.15, 0.2) is 5.65 Å². The lowest BCUT2D eigenvalue weighted by atomic mass is 10.1. The molecular formula is C20H14N6O. The number of H-pyrrole nitrogens is 1. The van der Waals surface area contributed by atoms with Crippen LogP contribution in [0.15, 0.2) is 73.2 Å². The van der Waals surface area contributed by atoms with Crippen LogP contribution >= 0.6 is 0 Å². The van der Waals surface area contributed by atoms with E-state index in [1.807, 2.05) is 60.7 Å². The smallest absolute Gasteiger partial charge is 0.257 e. The number of fused-ring (bicyclic) bond motifs is 2. The minimum atomic E-state index is -0.160. The summed E-state index contributed by atoms with van der Waals surface area (Å²) >= 11 is 0. The van der Waals surface area contributed by atoms with E-state index in [4.69, 9.17) is 0 Å². The molecular weight excluding hydrogens is 340 g/mol. The lowest BCUT2D eigenvalue weighted by molar-refractivity contribution is 0.102. The Hall–Kier alpha value is -4.00. The second kappa shape index (κ2) is 6.06. The number of carbonyl (C=O) groups is 1. The topological polar surface area (TPSA) is 88.0 Å². The van der Waals surface area contributed by atoms with Crippen LogP contribution in [0.2, 0.25) is 0 Å². The van der Waals surface area contributed by atoms with Crippen LogP contribution in [-0.2, 0) is 0 Å². The number of hydrogen-bond donors (Lipinski definition) is 2. The van der Waals surface area contributed by atoms with Crippen molar-refractivity contribution in [3.05, 3.63) is 78.8 Å². The van der Waals surface area contributed by atoms with Crippen molar-refractivity contribution >= 4 is 28.1 Å². The van der Waals surface area contributed by atoms with E-state index in [1.54, 1.807) is 17.0 Å². The maximum atomic E-state index is 12.7. The van der Waals surface area contributed by atoms with Crippen molar-refractivity contribution in [2.24, 2.45) is 0 Å². The van der Waals surface area contributed by atoms with Crippen molar-refractivity contribution in [1.29, 1.82) is 0 Å². The van der Waals surface area contributed by atoms with Gasteiger partial charge in [-0.1, -0.05) is 30.3 Å². The van der Waals surface area contributed by atoms with Gasteiger partial charge in [-0.3, -0.25) is 4.79 Å². The maximum Gasteiger partial charge on any atom is 0.257 e. The molecule has 0 aliphatic heterocycles. The fourth-order valence-corrected chi connectivity index (χ4v) is 3.10. The number of aromatic amines is 1. The largest absolute Gasteiger partial charge is 0.360 e. The number of aromatic nitrogens is 5. The Morgan fingerprint density at radius 1 is 1.04 bits per heavy atom. The Kier molecular flexibility index (Phi) is 3.43. The minimum absolute atomic E-state index is 0.160. The van der Waals surface area contributed by atoms with Gasteiger partial charge in [0, 0.05) is 28.4 Å². The summed E-state index contributed by atoms with van der Waals surface area (Å²) in [6.07, 6.45) is 3.28. The third kappa shape index (κ3) is 2.71. The molecule has 3 heterocycles. The number of benzene rings is 2. The van der Waals surface area contributed by atoms with Crippen molar-refractivity contribution in [2.45, 2.75) is 0 Å². The van der Waals surface area contributed by atoms with Gasteiger partial charge in [-0.15, -0.1) is 10.2 Å². The number of nitrogens with zero attached hydrogens (tertiary/aromatic N) is 4. The van der Waals surface area contributed by atoms with Crippen molar-refractivity contribution < 1.29 is 4.79 Å². The molecule has 1 amide bonds. The first-order valence-electron chi connectivity index (χ1n) is 8.43. The lowest BCUT2D eigenvalue weighted by Gasteiger charge is -2.07. The van der Waals surface area contributed by atoms with Gasteiger partial charge in [-0.25, -0.2) is 0 Å². The zero-order valence-corrected chi connectivity index (χ0v) is 14.1. The summed E-state index contributed by atoms with van der Waals surface area (Å²) in [5.74, 6) is -0.160. The number of hydrogen-bond acceptors (Lipinski definition) is 4. The number of para-hydroxylation sites is 1. The predicted octanol–water partition coefficient (Wildman–Crippen LogP) is 3.52. The van der Waals surface area contributed by atoms with Crippen molar-refractivity contribution in [1.82, 2.24) is 24.8 Å². The highest BCUT2D eigenvalue weighted by Crippen LogP contribution is 2.23. The first-order valence-corrected chi connectivity index (χ1v) is 8.43. The molecule has 0 aliphatic rings. The number of rotatable bonds is 3. The van der Waals surface area contributed by atoms with Crippen LogP contribution in [0.25, 0.3) is 27.8 Å². The molecule has 0 aliphatic carbocycles. The molecule has 0 unspecified atom stereocenters. The van der Waals surface area contributed by atoms with Crippen molar-refractivity contribution in [2.75, 3.05) is 5.32 Å². The summed E-state index contributed by atoms with van der Waals surface area (Å²) < 4.78 is 1.62. The zero-order valence-electron chi connectivity index (χ0n) is 14.1. The highest BCUT2D eigenvalue weighted by atomic mass is 16.1. The fourth-order valence-electron chi connectivity index (χ4n) is 3.10. The van der Waals surface area contributed by atoms with E-state index in [9.17, 15) is 4.79 Å². The third-order valence-electron chi connectivity index (χ3n) is 4.41. The number of carbonyl (C=O) groups excluding carboxylic acids is 1. The minimum Gasteiger partial charge on any atom is -0.360 e. The van der Waals surface area contributed by atoms with E-state index in [0.29, 0.717) is 16.9 Å². The SMILES string of the molecule is O=C(Nc1cccc(-c2ccc3nncn3n2)c1)c1c[nH]c2ccccc12. The van der Waals surface area contributed by atoms with Crippen LogP contribution < -0.4 is 5.32 Å². The molecule has 0 fully saturated rings. The first kappa shape index (κ1) is 15.3. The summed E-state index contributed by atoms with van der Waals surface area (Å²) in [6.45, 7) is 0. The molecule has 130 valence electrons. The van der Waals surface area contributed by atoms with E-state index >= 15 is 0 Å². The molecule has 0 spiro atoms. The van der Waals surface area contributed by atoms with E-state index in [-0.39, 0.29) is 5.91 Å². The molecule has 0 atom stereocenters. The average Bonchev–Trinajstić information content (AvgIpc) is 3.34.